The highest BCUT2D eigenvalue weighted by molar-refractivity contribution is 5.80. The highest BCUT2D eigenvalue weighted by Gasteiger charge is 2.66. The monoisotopic (exact) mass is 399 g/mol. The lowest BCUT2D eigenvalue weighted by Gasteiger charge is -2.45. The number of nitrogens with zero attached hydrogens (tertiary/aromatic N) is 1. The first-order valence-corrected chi connectivity index (χ1v) is 10.1. The van der Waals surface area contributed by atoms with Crippen molar-refractivity contribution in [2.45, 2.75) is 51.7 Å². The Kier molecular flexibility index (Phi) is 6.15. The van der Waals surface area contributed by atoms with Gasteiger partial charge in [0.1, 0.15) is 6.23 Å². The minimum absolute atomic E-state index is 0.150. The van der Waals surface area contributed by atoms with E-state index >= 15 is 0 Å². The number of benzene rings is 2. The average Bonchev–Trinajstić information content (AvgIpc) is 3.14. The van der Waals surface area contributed by atoms with Crippen molar-refractivity contribution in [3.63, 3.8) is 0 Å². The summed E-state index contributed by atoms with van der Waals surface area (Å²) in [5.74, 6) is -1.79. The summed E-state index contributed by atoms with van der Waals surface area (Å²) in [7, 11) is 0. The van der Waals surface area contributed by atoms with E-state index in [1.54, 1.807) is 19.1 Å². The lowest BCUT2D eigenvalue weighted by atomic mass is 9.84. The fraction of sp³-hybridized carbons (Fsp3) is 0.435. The van der Waals surface area contributed by atoms with Gasteiger partial charge in [0.15, 0.2) is 11.5 Å². The van der Waals surface area contributed by atoms with Crippen molar-refractivity contribution in [3.8, 4) is 11.5 Å². The third kappa shape index (κ3) is 3.47. The molecular weight excluding hydrogens is 370 g/mol. The van der Waals surface area contributed by atoms with Crippen LogP contribution in [0.25, 0.3) is 0 Å². The summed E-state index contributed by atoms with van der Waals surface area (Å²) in [6, 6.07) is 16.4. The van der Waals surface area contributed by atoms with E-state index in [1.807, 2.05) is 68.1 Å². The van der Waals surface area contributed by atoms with Crippen LogP contribution in [0.3, 0.4) is 0 Å². The first kappa shape index (κ1) is 21.1. The molecule has 0 bridgehead atoms. The van der Waals surface area contributed by atoms with Gasteiger partial charge in [0.25, 0.3) is 0 Å². The van der Waals surface area contributed by atoms with E-state index in [-0.39, 0.29) is 6.42 Å². The average molecular weight is 399 g/mol. The van der Waals surface area contributed by atoms with Gasteiger partial charge in [-0.05, 0) is 38.6 Å². The topological polar surface area (TPSA) is 68.2 Å². The largest absolute Gasteiger partial charge is 0.479 e. The molecule has 2 unspecified atom stereocenters. The third-order valence-electron chi connectivity index (χ3n) is 5.58. The summed E-state index contributed by atoms with van der Waals surface area (Å²) >= 11 is 0. The number of carbonyl (C=O) groups is 1. The predicted octanol–water partition coefficient (Wildman–Crippen LogP) is 4.25. The Labute approximate surface area is 172 Å². The molecule has 156 valence electrons. The lowest BCUT2D eigenvalue weighted by Crippen LogP contribution is -2.65. The fourth-order valence-corrected chi connectivity index (χ4v) is 3.96. The van der Waals surface area contributed by atoms with Crippen LogP contribution in [0.4, 0.5) is 0 Å². The van der Waals surface area contributed by atoms with Crippen LogP contribution in [-0.4, -0.2) is 40.9 Å². The number of para-hydroxylation sites is 2. The Bertz CT molecular complexity index is 811. The summed E-state index contributed by atoms with van der Waals surface area (Å²) in [6.45, 7) is 9.14. The summed E-state index contributed by atoms with van der Waals surface area (Å²) in [5.41, 5.74) is -1.18. The number of carboxylic acids is 1. The van der Waals surface area contributed by atoms with E-state index in [9.17, 15) is 9.90 Å². The van der Waals surface area contributed by atoms with Crippen LogP contribution in [0.5, 0.6) is 11.5 Å². The molecular formula is C23H29NO5. The number of ether oxygens (including phenoxy) is 3. The number of fused-ring (bicyclic) bond motifs is 1. The van der Waals surface area contributed by atoms with Gasteiger partial charge in [-0.25, -0.2) is 4.79 Å². The quantitative estimate of drug-likeness (QED) is 0.636. The molecule has 29 heavy (non-hydrogen) atoms. The second-order valence-electron chi connectivity index (χ2n) is 7.06. The third-order valence-corrected chi connectivity index (χ3v) is 5.58. The van der Waals surface area contributed by atoms with Crippen LogP contribution >= 0.6 is 0 Å². The second kappa shape index (κ2) is 8.43. The molecule has 0 amide bonds. The van der Waals surface area contributed by atoms with Crippen LogP contribution in [0.2, 0.25) is 0 Å². The molecule has 0 spiro atoms. The van der Waals surface area contributed by atoms with Gasteiger partial charge in [-0.3, -0.25) is 4.90 Å². The van der Waals surface area contributed by atoms with Gasteiger partial charge in [-0.1, -0.05) is 63.2 Å². The zero-order valence-corrected chi connectivity index (χ0v) is 17.4. The molecule has 2 aromatic rings. The summed E-state index contributed by atoms with van der Waals surface area (Å²) < 4.78 is 18.9. The summed E-state index contributed by atoms with van der Waals surface area (Å²) in [6.07, 6.45) is -0.297. The highest BCUT2D eigenvalue weighted by atomic mass is 16.8. The van der Waals surface area contributed by atoms with Crippen LogP contribution in [0.15, 0.2) is 54.6 Å². The molecule has 0 saturated carbocycles. The van der Waals surface area contributed by atoms with Crippen molar-refractivity contribution in [2.75, 3.05) is 13.1 Å². The molecule has 0 aromatic heterocycles. The van der Waals surface area contributed by atoms with E-state index in [4.69, 9.17) is 14.2 Å². The minimum atomic E-state index is -1.77. The number of rotatable bonds is 9. The maximum atomic E-state index is 12.8. The van der Waals surface area contributed by atoms with E-state index < -0.39 is 23.6 Å². The molecule has 3 rings (SSSR count). The van der Waals surface area contributed by atoms with Gasteiger partial charge in [-0.15, -0.1) is 0 Å². The van der Waals surface area contributed by atoms with Gasteiger partial charge in [0.05, 0.1) is 0 Å². The van der Waals surface area contributed by atoms with Gasteiger partial charge in [0.2, 0.25) is 5.60 Å². The van der Waals surface area contributed by atoms with Crippen molar-refractivity contribution in [3.05, 3.63) is 60.2 Å². The fourth-order valence-electron chi connectivity index (χ4n) is 3.96. The normalized spacial score (nSPS) is 17.7. The van der Waals surface area contributed by atoms with Crippen molar-refractivity contribution in [1.82, 2.24) is 4.90 Å². The van der Waals surface area contributed by atoms with Crippen molar-refractivity contribution in [1.29, 1.82) is 0 Å². The Hall–Kier alpha value is -2.57. The van der Waals surface area contributed by atoms with E-state index in [0.717, 1.165) is 13.1 Å². The molecule has 6 nitrogen and oxygen atoms in total. The number of aliphatic carboxylic acids is 1. The van der Waals surface area contributed by atoms with Crippen LogP contribution in [0, 0.1) is 0 Å². The highest BCUT2D eigenvalue weighted by Crippen LogP contribution is 2.52. The van der Waals surface area contributed by atoms with Crippen LogP contribution in [-0.2, 0) is 15.3 Å². The molecule has 6 heteroatoms. The zero-order valence-electron chi connectivity index (χ0n) is 17.4. The lowest BCUT2D eigenvalue weighted by molar-refractivity contribution is -0.280. The molecule has 0 aliphatic carbocycles. The smallest absolute Gasteiger partial charge is 0.344 e. The van der Waals surface area contributed by atoms with Crippen LogP contribution < -0.4 is 9.47 Å². The molecule has 0 saturated heterocycles. The van der Waals surface area contributed by atoms with Gasteiger partial charge < -0.3 is 19.3 Å². The number of hydrogen-bond acceptors (Lipinski definition) is 5. The zero-order chi connectivity index (χ0) is 21.1. The van der Waals surface area contributed by atoms with Crippen molar-refractivity contribution < 1.29 is 24.1 Å². The molecule has 2 aromatic carbocycles. The first-order valence-electron chi connectivity index (χ1n) is 10.1. The molecule has 1 aliphatic heterocycles. The SMILES string of the molecule is CCN(CC)C(C)OC(CC)(C(=O)O)C1(c2ccccc2)Oc2ccccc2O1. The molecule has 1 heterocycles. The Morgan fingerprint density at radius 3 is 2.00 bits per heavy atom. The van der Waals surface area contributed by atoms with Crippen LogP contribution in [0.1, 0.15) is 39.7 Å². The molecule has 1 aliphatic rings. The Balaban J connectivity index is 2.17. The predicted molar refractivity (Wildman–Crippen MR) is 110 cm³/mol. The maximum absolute atomic E-state index is 12.8. The van der Waals surface area contributed by atoms with Crippen molar-refractivity contribution in [2.24, 2.45) is 0 Å². The molecule has 0 fully saturated rings. The van der Waals surface area contributed by atoms with E-state index in [2.05, 4.69) is 0 Å². The standard InChI is InChI=1S/C23H29NO5/c1-5-22(21(25)26,27-17(4)24(6-2)7-3)23(18-13-9-8-10-14-18)28-19-15-11-12-16-20(19)29-23/h8-17H,5-7H2,1-4H3,(H,25,26). The number of carboxylic acid groups (broad SMARTS) is 1. The Morgan fingerprint density at radius 2 is 1.55 bits per heavy atom. The second-order valence-corrected chi connectivity index (χ2v) is 7.06. The van der Waals surface area contributed by atoms with E-state index in [1.165, 1.54) is 0 Å². The maximum Gasteiger partial charge on any atom is 0.344 e. The number of hydrogen-bond donors (Lipinski definition) is 1. The molecule has 1 N–H and O–H groups in total. The van der Waals surface area contributed by atoms with Gasteiger partial charge in [0, 0.05) is 5.56 Å². The van der Waals surface area contributed by atoms with Gasteiger partial charge >= 0.3 is 11.8 Å². The summed E-state index contributed by atoms with van der Waals surface area (Å²) in [4.78, 5) is 14.9. The molecule has 2 atom stereocenters. The van der Waals surface area contributed by atoms with Crippen molar-refractivity contribution >= 4 is 5.97 Å². The minimum Gasteiger partial charge on any atom is -0.479 e. The molecule has 0 radical (unpaired) electrons. The van der Waals surface area contributed by atoms with E-state index in [0.29, 0.717) is 17.1 Å². The first-order chi connectivity index (χ1) is 13.9. The summed E-state index contributed by atoms with van der Waals surface area (Å²) in [5, 5.41) is 10.5. The Morgan fingerprint density at radius 1 is 1.03 bits per heavy atom. The van der Waals surface area contributed by atoms with Gasteiger partial charge in [-0.2, -0.15) is 0 Å².